The number of hydrogen-bond donors (Lipinski definition) is 0. The zero-order valence-corrected chi connectivity index (χ0v) is 14.3. The Morgan fingerprint density at radius 2 is 1.26 bits per heavy atom. The number of ether oxygens (including phenoxy) is 4. The normalized spacial score (nSPS) is 11.1. The minimum Gasteiger partial charge on any atom is -0.493 e. The van der Waals surface area contributed by atoms with Crippen LogP contribution in [0.25, 0.3) is 11.1 Å². The minimum absolute atomic E-state index is 0.582. The highest BCUT2D eigenvalue weighted by atomic mass is 35.5. The van der Waals surface area contributed by atoms with E-state index >= 15 is 0 Å². The summed E-state index contributed by atoms with van der Waals surface area (Å²) < 4.78 is 21.0. The molecule has 0 aliphatic heterocycles. The van der Waals surface area contributed by atoms with Gasteiger partial charge in [0, 0.05) is 5.03 Å². The predicted octanol–water partition coefficient (Wildman–Crippen LogP) is 4.46. The smallest absolute Gasteiger partial charge is 0.161 e. The zero-order valence-electron chi connectivity index (χ0n) is 13.6. The second-order valence-corrected chi connectivity index (χ2v) is 5.08. The summed E-state index contributed by atoms with van der Waals surface area (Å²) in [6, 6.07) is 11.1. The number of methoxy groups -OCH3 is 4. The average Bonchev–Trinajstić information content (AvgIpc) is 2.60. The Hall–Kier alpha value is -2.33. The van der Waals surface area contributed by atoms with Crippen molar-refractivity contribution in [3.05, 3.63) is 47.5 Å². The molecule has 0 unspecified atom stereocenters. The molecule has 2 aromatic rings. The molecule has 0 bridgehead atoms. The summed E-state index contributed by atoms with van der Waals surface area (Å²) in [5.41, 5.74) is 1.74. The molecule has 23 heavy (non-hydrogen) atoms. The van der Waals surface area contributed by atoms with E-state index in [1.807, 2.05) is 42.5 Å². The third-order valence-corrected chi connectivity index (χ3v) is 3.69. The number of rotatable bonds is 6. The van der Waals surface area contributed by atoms with Crippen LogP contribution in [0.1, 0.15) is 11.1 Å². The third-order valence-electron chi connectivity index (χ3n) is 3.36. The molecule has 5 heteroatoms. The Bertz CT molecular complexity index is 710. The van der Waals surface area contributed by atoms with Gasteiger partial charge in [-0.1, -0.05) is 17.7 Å². The van der Waals surface area contributed by atoms with E-state index in [4.69, 9.17) is 30.5 Å². The summed E-state index contributed by atoms with van der Waals surface area (Å²) in [7, 11) is 6.39. The van der Waals surface area contributed by atoms with E-state index < -0.39 is 0 Å². The lowest BCUT2D eigenvalue weighted by atomic mass is 10.1. The summed E-state index contributed by atoms with van der Waals surface area (Å²) in [6.45, 7) is 0. The first kappa shape index (κ1) is 17.0. The number of hydrogen-bond acceptors (Lipinski definition) is 4. The summed E-state index contributed by atoms with van der Waals surface area (Å²) in [6.07, 6.45) is 1.85. The fraction of sp³-hybridized carbons (Fsp3) is 0.222. The highest BCUT2D eigenvalue weighted by molar-refractivity contribution is 6.51. The number of benzene rings is 2. The fourth-order valence-electron chi connectivity index (χ4n) is 2.16. The maximum Gasteiger partial charge on any atom is 0.161 e. The van der Waals surface area contributed by atoms with Crippen molar-refractivity contribution in [2.45, 2.75) is 0 Å². The van der Waals surface area contributed by atoms with Gasteiger partial charge in [0.15, 0.2) is 23.0 Å². The Balaban J connectivity index is 2.36. The first-order valence-electron chi connectivity index (χ1n) is 6.94. The molecule has 0 N–H and O–H groups in total. The maximum atomic E-state index is 6.43. The van der Waals surface area contributed by atoms with Gasteiger partial charge in [0.1, 0.15) is 0 Å². The fourth-order valence-corrected chi connectivity index (χ4v) is 2.40. The quantitative estimate of drug-likeness (QED) is 0.731. The van der Waals surface area contributed by atoms with E-state index in [2.05, 4.69) is 0 Å². The molecular weight excluding hydrogens is 316 g/mol. The van der Waals surface area contributed by atoms with Gasteiger partial charge in [0.25, 0.3) is 0 Å². The molecule has 0 radical (unpaired) electrons. The Kier molecular flexibility index (Phi) is 5.77. The summed E-state index contributed by atoms with van der Waals surface area (Å²) in [4.78, 5) is 0. The van der Waals surface area contributed by atoms with Gasteiger partial charge < -0.3 is 18.9 Å². The van der Waals surface area contributed by atoms with Crippen molar-refractivity contribution < 1.29 is 18.9 Å². The lowest BCUT2D eigenvalue weighted by molar-refractivity contribution is 0.355. The monoisotopic (exact) mass is 334 g/mol. The first-order valence-corrected chi connectivity index (χ1v) is 7.32. The largest absolute Gasteiger partial charge is 0.493 e. The Labute approximate surface area is 141 Å². The molecule has 0 saturated carbocycles. The number of halogens is 1. The van der Waals surface area contributed by atoms with Crippen molar-refractivity contribution in [3.63, 3.8) is 0 Å². The molecule has 0 spiro atoms. The molecule has 4 nitrogen and oxygen atoms in total. The molecule has 0 amide bonds. The SMILES string of the molecule is COc1ccc(/C=C(/Cl)c2ccc(OC)c(OC)c2)cc1OC. The van der Waals surface area contributed by atoms with Crippen LogP contribution in [-0.2, 0) is 0 Å². The van der Waals surface area contributed by atoms with Gasteiger partial charge in [-0.3, -0.25) is 0 Å². The highest BCUT2D eigenvalue weighted by Crippen LogP contribution is 2.34. The van der Waals surface area contributed by atoms with Gasteiger partial charge in [-0.2, -0.15) is 0 Å². The third kappa shape index (κ3) is 3.90. The van der Waals surface area contributed by atoms with E-state index in [1.54, 1.807) is 28.4 Å². The second-order valence-electron chi connectivity index (χ2n) is 4.68. The van der Waals surface area contributed by atoms with Crippen LogP contribution in [0.4, 0.5) is 0 Å². The van der Waals surface area contributed by atoms with Crippen molar-refractivity contribution in [2.75, 3.05) is 28.4 Å². The van der Waals surface area contributed by atoms with Gasteiger partial charge in [0.2, 0.25) is 0 Å². The van der Waals surface area contributed by atoms with Crippen LogP contribution >= 0.6 is 11.6 Å². The zero-order chi connectivity index (χ0) is 16.8. The van der Waals surface area contributed by atoms with Crippen molar-refractivity contribution in [1.29, 1.82) is 0 Å². The predicted molar refractivity (Wildman–Crippen MR) is 92.8 cm³/mol. The van der Waals surface area contributed by atoms with Crippen LogP contribution in [0.15, 0.2) is 36.4 Å². The first-order chi connectivity index (χ1) is 11.1. The standard InChI is InChI=1S/C18H19ClO4/c1-20-15-7-5-12(10-17(15)22-3)9-14(19)13-6-8-16(21-2)18(11-13)23-4/h5-11H,1-4H3/b14-9+. The van der Waals surface area contributed by atoms with E-state index in [-0.39, 0.29) is 0 Å². The van der Waals surface area contributed by atoms with Crippen LogP contribution in [0.3, 0.4) is 0 Å². The van der Waals surface area contributed by atoms with Crippen LogP contribution in [0.2, 0.25) is 0 Å². The molecule has 0 heterocycles. The molecule has 0 atom stereocenters. The lowest BCUT2D eigenvalue weighted by Crippen LogP contribution is -1.92. The van der Waals surface area contributed by atoms with Gasteiger partial charge in [-0.15, -0.1) is 0 Å². The van der Waals surface area contributed by atoms with Crippen molar-refractivity contribution >= 4 is 22.7 Å². The van der Waals surface area contributed by atoms with Crippen molar-refractivity contribution in [2.24, 2.45) is 0 Å². The highest BCUT2D eigenvalue weighted by Gasteiger charge is 2.08. The van der Waals surface area contributed by atoms with Gasteiger partial charge >= 0.3 is 0 Å². The van der Waals surface area contributed by atoms with Crippen molar-refractivity contribution in [3.8, 4) is 23.0 Å². The topological polar surface area (TPSA) is 36.9 Å². The molecular formula is C18H19ClO4. The van der Waals surface area contributed by atoms with Crippen molar-refractivity contribution in [1.82, 2.24) is 0 Å². The summed E-state index contributed by atoms with van der Waals surface area (Å²) in [5, 5.41) is 0.582. The molecule has 0 saturated heterocycles. The average molecular weight is 335 g/mol. The maximum absolute atomic E-state index is 6.43. The summed E-state index contributed by atoms with van der Waals surface area (Å²) >= 11 is 6.43. The lowest BCUT2D eigenvalue weighted by Gasteiger charge is -2.10. The molecule has 0 aromatic heterocycles. The van der Waals surface area contributed by atoms with Crippen LogP contribution < -0.4 is 18.9 Å². The van der Waals surface area contributed by atoms with Crippen LogP contribution in [0.5, 0.6) is 23.0 Å². The van der Waals surface area contributed by atoms with Gasteiger partial charge in [-0.25, -0.2) is 0 Å². The molecule has 2 aromatic carbocycles. The minimum atomic E-state index is 0.582. The molecule has 2 rings (SSSR count). The van der Waals surface area contributed by atoms with E-state index in [9.17, 15) is 0 Å². The van der Waals surface area contributed by atoms with E-state index in [0.717, 1.165) is 11.1 Å². The van der Waals surface area contributed by atoms with E-state index in [1.165, 1.54) is 0 Å². The molecule has 0 aliphatic carbocycles. The Morgan fingerprint density at radius 1 is 0.739 bits per heavy atom. The van der Waals surface area contributed by atoms with Gasteiger partial charge in [0.05, 0.1) is 28.4 Å². The molecule has 122 valence electrons. The van der Waals surface area contributed by atoms with Gasteiger partial charge in [-0.05, 0) is 47.5 Å². The second kappa shape index (κ2) is 7.79. The molecule has 0 fully saturated rings. The molecule has 0 aliphatic rings. The Morgan fingerprint density at radius 3 is 1.83 bits per heavy atom. The van der Waals surface area contributed by atoms with Crippen LogP contribution in [0, 0.1) is 0 Å². The van der Waals surface area contributed by atoms with Crippen LogP contribution in [-0.4, -0.2) is 28.4 Å². The van der Waals surface area contributed by atoms with E-state index in [0.29, 0.717) is 28.0 Å². The summed E-state index contributed by atoms with van der Waals surface area (Å²) in [5.74, 6) is 2.61.